The first-order chi connectivity index (χ1) is 24.6. The smallest absolute Gasteiger partial charge is 0.211 e. The molecular formula is C43H46N2O5. The number of methoxy groups -OCH3 is 1. The van der Waals surface area contributed by atoms with Crippen LogP contribution in [0.15, 0.2) is 127 Å². The summed E-state index contributed by atoms with van der Waals surface area (Å²) in [5, 5.41) is 2.70. The Labute approximate surface area is 295 Å². The lowest BCUT2D eigenvalue weighted by atomic mass is 10.0. The lowest BCUT2D eigenvalue weighted by Gasteiger charge is -2.25. The van der Waals surface area contributed by atoms with Crippen molar-refractivity contribution in [3.63, 3.8) is 0 Å². The molecule has 7 heteroatoms. The quantitative estimate of drug-likeness (QED) is 0.0478. The minimum absolute atomic E-state index is 0.0844. The topological polar surface area (TPSA) is 77.1 Å². The molecule has 0 aromatic heterocycles. The summed E-state index contributed by atoms with van der Waals surface area (Å²) in [4.78, 5) is 27.2. The molecule has 0 aliphatic rings. The van der Waals surface area contributed by atoms with Crippen LogP contribution in [0.5, 0.6) is 11.5 Å². The maximum absolute atomic E-state index is 13.8. The van der Waals surface area contributed by atoms with Crippen molar-refractivity contribution in [2.75, 3.05) is 37.1 Å². The van der Waals surface area contributed by atoms with Gasteiger partial charge in [-0.2, -0.15) is 0 Å². The lowest BCUT2D eigenvalue weighted by molar-refractivity contribution is -0.105. The molecule has 0 fully saturated rings. The van der Waals surface area contributed by atoms with Crippen LogP contribution in [0, 0.1) is 0 Å². The monoisotopic (exact) mass is 670 g/mol. The van der Waals surface area contributed by atoms with E-state index in [1.54, 1.807) is 25.3 Å². The van der Waals surface area contributed by atoms with Gasteiger partial charge in [0, 0.05) is 37.6 Å². The van der Waals surface area contributed by atoms with E-state index < -0.39 is 0 Å². The van der Waals surface area contributed by atoms with Crippen LogP contribution in [-0.2, 0) is 35.5 Å². The predicted molar refractivity (Wildman–Crippen MR) is 200 cm³/mol. The SMILES string of the molecule is COCCCc1ccc(CCCCOc2cccc(N(CC(=O)c3ccc(OCc4ccccc4)c(NC=O)c3)Cc3ccccc3)c2)cc1. The fraction of sp³-hybridized carbons (Fsp3) is 0.256. The second kappa shape index (κ2) is 19.6. The number of aryl methyl sites for hydroxylation is 2. The highest BCUT2D eigenvalue weighted by atomic mass is 16.5. The van der Waals surface area contributed by atoms with Gasteiger partial charge in [0.05, 0.1) is 18.8 Å². The molecule has 0 unspecified atom stereocenters. The maximum atomic E-state index is 13.8. The number of ketones is 1. The molecule has 258 valence electrons. The number of benzene rings is 5. The molecule has 1 amide bonds. The van der Waals surface area contributed by atoms with Gasteiger partial charge in [0.25, 0.3) is 0 Å². The highest BCUT2D eigenvalue weighted by molar-refractivity contribution is 6.00. The summed E-state index contributed by atoms with van der Waals surface area (Å²) >= 11 is 0. The zero-order chi connectivity index (χ0) is 34.8. The molecule has 5 aromatic carbocycles. The van der Waals surface area contributed by atoms with E-state index in [0.717, 1.165) is 61.3 Å². The number of hydrogen-bond donors (Lipinski definition) is 1. The van der Waals surface area contributed by atoms with Crippen LogP contribution in [0.4, 0.5) is 11.4 Å². The van der Waals surface area contributed by atoms with Crippen LogP contribution in [0.1, 0.15) is 51.9 Å². The number of ether oxygens (including phenoxy) is 3. The molecule has 0 saturated carbocycles. The van der Waals surface area contributed by atoms with Crippen molar-refractivity contribution in [2.24, 2.45) is 0 Å². The van der Waals surface area contributed by atoms with Crippen LogP contribution in [0.25, 0.3) is 0 Å². The fourth-order valence-electron chi connectivity index (χ4n) is 5.73. The van der Waals surface area contributed by atoms with Crippen molar-refractivity contribution in [1.29, 1.82) is 0 Å². The molecule has 5 aromatic rings. The van der Waals surface area contributed by atoms with Crippen molar-refractivity contribution < 1.29 is 23.8 Å². The van der Waals surface area contributed by atoms with E-state index in [1.165, 1.54) is 11.1 Å². The zero-order valence-electron chi connectivity index (χ0n) is 28.8. The standard InChI is InChI=1S/C43H46N2O5/c1-48-26-11-17-35-22-20-34(21-23-35)12-8-9-27-49-40-19-10-18-39(29-40)45(30-36-13-4-2-5-14-36)31-42(47)38-24-25-43(41(28-38)44-33-46)50-32-37-15-6-3-7-16-37/h2-7,10,13-16,18-25,28-29,33H,8-9,11-12,17,26-27,30-32H2,1H3,(H,44,46). The molecule has 0 aliphatic carbocycles. The van der Waals surface area contributed by atoms with Crippen molar-refractivity contribution in [1.82, 2.24) is 0 Å². The van der Waals surface area contributed by atoms with E-state index in [0.29, 0.717) is 43.2 Å². The van der Waals surface area contributed by atoms with Gasteiger partial charge in [0.1, 0.15) is 18.1 Å². The minimum atomic E-state index is -0.0844. The van der Waals surface area contributed by atoms with Gasteiger partial charge in [0.2, 0.25) is 6.41 Å². The number of hydrogen-bond acceptors (Lipinski definition) is 6. The van der Waals surface area contributed by atoms with Crippen LogP contribution in [0.3, 0.4) is 0 Å². The Kier molecular flexibility index (Phi) is 14.0. The van der Waals surface area contributed by atoms with Crippen molar-refractivity contribution in [2.45, 2.75) is 45.3 Å². The van der Waals surface area contributed by atoms with Crippen LogP contribution < -0.4 is 19.7 Å². The first-order valence-corrected chi connectivity index (χ1v) is 17.2. The van der Waals surface area contributed by atoms with Gasteiger partial charge in [-0.3, -0.25) is 9.59 Å². The van der Waals surface area contributed by atoms with E-state index in [1.807, 2.05) is 72.8 Å². The van der Waals surface area contributed by atoms with E-state index in [-0.39, 0.29) is 12.3 Å². The second-order valence-electron chi connectivity index (χ2n) is 12.2. The molecular weight excluding hydrogens is 624 g/mol. The summed E-state index contributed by atoms with van der Waals surface area (Å²) < 4.78 is 17.3. The van der Waals surface area contributed by atoms with Gasteiger partial charge in [-0.1, -0.05) is 91.0 Å². The fourth-order valence-corrected chi connectivity index (χ4v) is 5.73. The Bertz CT molecular complexity index is 1760. The third kappa shape index (κ3) is 11.3. The molecule has 5 rings (SSSR count). The highest BCUT2D eigenvalue weighted by Gasteiger charge is 2.17. The summed E-state index contributed by atoms with van der Waals surface area (Å²) in [6, 6.07) is 41.8. The first kappa shape index (κ1) is 35.9. The number of rotatable bonds is 21. The number of unbranched alkanes of at least 4 members (excludes halogenated alkanes) is 1. The molecule has 0 saturated heterocycles. The molecule has 0 atom stereocenters. The average Bonchev–Trinajstić information content (AvgIpc) is 3.15. The third-order valence-corrected chi connectivity index (χ3v) is 8.45. The van der Waals surface area contributed by atoms with E-state index >= 15 is 0 Å². The summed E-state index contributed by atoms with van der Waals surface area (Å²) in [5.41, 5.74) is 6.59. The second-order valence-corrected chi connectivity index (χ2v) is 12.2. The van der Waals surface area contributed by atoms with Gasteiger partial charge in [-0.25, -0.2) is 0 Å². The van der Waals surface area contributed by atoms with Crippen LogP contribution in [0.2, 0.25) is 0 Å². The van der Waals surface area contributed by atoms with Crippen LogP contribution >= 0.6 is 0 Å². The van der Waals surface area contributed by atoms with Gasteiger partial charge in [-0.15, -0.1) is 0 Å². The van der Waals surface area contributed by atoms with Crippen molar-refractivity contribution in [3.05, 3.63) is 155 Å². The number of anilines is 2. The van der Waals surface area contributed by atoms with Gasteiger partial charge >= 0.3 is 0 Å². The van der Waals surface area contributed by atoms with E-state index in [2.05, 4.69) is 46.6 Å². The Morgan fingerprint density at radius 3 is 2.08 bits per heavy atom. The summed E-state index contributed by atoms with van der Waals surface area (Å²) in [6.07, 6.45) is 5.65. The molecule has 7 nitrogen and oxygen atoms in total. The van der Waals surface area contributed by atoms with Gasteiger partial charge in [0.15, 0.2) is 5.78 Å². The third-order valence-electron chi connectivity index (χ3n) is 8.45. The number of carbonyl (C=O) groups excluding carboxylic acids is 2. The number of carbonyl (C=O) groups is 2. The first-order valence-electron chi connectivity index (χ1n) is 17.2. The highest BCUT2D eigenvalue weighted by Crippen LogP contribution is 2.28. The summed E-state index contributed by atoms with van der Waals surface area (Å²) in [5.74, 6) is 1.18. The summed E-state index contributed by atoms with van der Waals surface area (Å²) in [6.45, 7) is 2.42. The van der Waals surface area contributed by atoms with E-state index in [4.69, 9.17) is 14.2 Å². The Morgan fingerprint density at radius 1 is 0.680 bits per heavy atom. The Hall–Kier alpha value is -5.40. The van der Waals surface area contributed by atoms with Crippen molar-refractivity contribution in [3.8, 4) is 11.5 Å². The molecule has 1 N–H and O–H groups in total. The average molecular weight is 671 g/mol. The lowest BCUT2D eigenvalue weighted by Crippen LogP contribution is -2.29. The van der Waals surface area contributed by atoms with Crippen molar-refractivity contribution >= 4 is 23.6 Å². The number of nitrogens with one attached hydrogen (secondary N) is 1. The largest absolute Gasteiger partial charge is 0.494 e. The molecule has 0 heterocycles. The van der Waals surface area contributed by atoms with E-state index in [9.17, 15) is 9.59 Å². The van der Waals surface area contributed by atoms with Crippen LogP contribution in [-0.4, -0.2) is 39.1 Å². The molecule has 0 spiro atoms. The molecule has 0 radical (unpaired) electrons. The molecule has 0 bridgehead atoms. The molecule has 0 aliphatic heterocycles. The van der Waals surface area contributed by atoms with Gasteiger partial charge < -0.3 is 24.4 Å². The Morgan fingerprint density at radius 2 is 1.38 bits per heavy atom. The molecule has 50 heavy (non-hydrogen) atoms. The zero-order valence-corrected chi connectivity index (χ0v) is 28.8. The maximum Gasteiger partial charge on any atom is 0.211 e. The minimum Gasteiger partial charge on any atom is -0.494 e. The normalized spacial score (nSPS) is 10.7. The summed E-state index contributed by atoms with van der Waals surface area (Å²) in [7, 11) is 1.74. The number of Topliss-reactive ketones (excluding diaryl/α,β-unsaturated/α-hetero) is 1. The Balaban J connectivity index is 1.20. The number of amides is 1. The predicted octanol–water partition coefficient (Wildman–Crippen LogP) is 8.70. The number of nitrogens with zero attached hydrogens (tertiary/aromatic N) is 1. The van der Waals surface area contributed by atoms with Gasteiger partial charge in [-0.05, 0) is 84.7 Å².